The van der Waals surface area contributed by atoms with Crippen molar-refractivity contribution in [3.8, 4) is 0 Å². The third kappa shape index (κ3) is 4.20. The monoisotopic (exact) mass is 258 g/mol. The predicted octanol–water partition coefficient (Wildman–Crippen LogP) is 1.61. The number of H-pyrrole nitrogens is 1. The lowest BCUT2D eigenvalue weighted by Gasteiger charge is -2.07. The number of nitro groups is 1. The summed E-state index contributed by atoms with van der Waals surface area (Å²) in [5.41, 5.74) is 0.141. The quantitative estimate of drug-likeness (QED) is 0.440. The number of aromatic amines is 1. The first-order chi connectivity index (χ1) is 8.04. The average Bonchev–Trinajstić information content (AvgIpc) is 2.75. The van der Waals surface area contributed by atoms with Crippen molar-refractivity contribution in [2.75, 3.05) is 12.4 Å². The number of nitrogens with zero attached hydrogens (tertiary/aromatic N) is 1. The molecule has 1 rings (SSSR count). The molecule has 0 aliphatic carbocycles. The summed E-state index contributed by atoms with van der Waals surface area (Å²) in [6.07, 6.45) is 1.83. The molecule has 0 aromatic carbocycles. The first-order valence-corrected chi connectivity index (χ1v) is 6.18. The summed E-state index contributed by atoms with van der Waals surface area (Å²) in [6.45, 7) is 2.02. The summed E-state index contributed by atoms with van der Waals surface area (Å²) in [4.78, 5) is 24.1. The van der Waals surface area contributed by atoms with Crippen LogP contribution in [0.25, 0.3) is 0 Å². The van der Waals surface area contributed by atoms with Gasteiger partial charge in [0, 0.05) is 17.9 Å². The fourth-order valence-corrected chi connectivity index (χ4v) is 2.07. The molecular formula is C10H14N2O4S. The van der Waals surface area contributed by atoms with Gasteiger partial charge in [-0.3, -0.25) is 14.9 Å². The highest BCUT2D eigenvalue weighted by Gasteiger charge is 2.15. The van der Waals surface area contributed by atoms with E-state index < -0.39 is 4.92 Å². The van der Waals surface area contributed by atoms with Crippen molar-refractivity contribution in [3.63, 3.8) is 0 Å². The van der Waals surface area contributed by atoms with Crippen molar-refractivity contribution >= 4 is 23.2 Å². The molecule has 0 spiro atoms. The molecule has 0 aliphatic heterocycles. The number of Topliss-reactive ketones (excluding diaryl/α,β-unsaturated/α-hetero) is 1. The van der Waals surface area contributed by atoms with Gasteiger partial charge in [0.25, 0.3) is 5.69 Å². The minimum atomic E-state index is -0.547. The van der Waals surface area contributed by atoms with Gasteiger partial charge in [-0.2, -0.15) is 11.8 Å². The first-order valence-electron chi connectivity index (χ1n) is 5.13. The van der Waals surface area contributed by atoms with Crippen LogP contribution in [0.1, 0.15) is 23.8 Å². The van der Waals surface area contributed by atoms with Crippen LogP contribution >= 0.6 is 11.8 Å². The Hall–Kier alpha value is -1.34. The van der Waals surface area contributed by atoms with Crippen LogP contribution in [0.2, 0.25) is 0 Å². The zero-order valence-electron chi connectivity index (χ0n) is 9.38. The molecule has 1 heterocycles. The molecule has 0 aliphatic rings. The van der Waals surface area contributed by atoms with Crippen LogP contribution in [0.4, 0.5) is 5.69 Å². The molecule has 0 saturated carbocycles. The molecule has 1 aromatic heterocycles. The van der Waals surface area contributed by atoms with Crippen molar-refractivity contribution in [2.24, 2.45) is 0 Å². The Labute approximate surface area is 103 Å². The predicted molar refractivity (Wildman–Crippen MR) is 65.4 cm³/mol. The molecule has 0 saturated heterocycles. The summed E-state index contributed by atoms with van der Waals surface area (Å²) in [5.74, 6) is 0.0756. The highest BCUT2D eigenvalue weighted by molar-refractivity contribution is 8.00. The number of aliphatic hydroxyl groups excluding tert-OH is 1. The lowest BCUT2D eigenvalue weighted by Crippen LogP contribution is -2.08. The molecule has 94 valence electrons. The van der Waals surface area contributed by atoms with Gasteiger partial charge in [0.2, 0.25) is 0 Å². The number of hydrogen-bond donors (Lipinski definition) is 2. The summed E-state index contributed by atoms with van der Waals surface area (Å²) >= 11 is 1.42. The van der Waals surface area contributed by atoms with E-state index in [4.69, 9.17) is 5.11 Å². The number of nitrogens with one attached hydrogen (secondary N) is 1. The summed E-state index contributed by atoms with van der Waals surface area (Å²) < 4.78 is 0. The van der Waals surface area contributed by atoms with Gasteiger partial charge in [-0.15, -0.1) is 0 Å². The molecule has 0 amide bonds. The topological polar surface area (TPSA) is 96.2 Å². The van der Waals surface area contributed by atoms with Gasteiger partial charge < -0.3 is 10.1 Å². The Bertz CT molecular complexity index is 405. The highest BCUT2D eigenvalue weighted by atomic mass is 32.2. The average molecular weight is 258 g/mol. The van der Waals surface area contributed by atoms with Crippen LogP contribution in [0.3, 0.4) is 0 Å². The van der Waals surface area contributed by atoms with Crippen LogP contribution in [0.5, 0.6) is 0 Å². The smallest absolute Gasteiger partial charge is 0.287 e. The number of hydrogen-bond acceptors (Lipinski definition) is 5. The van der Waals surface area contributed by atoms with Gasteiger partial charge in [0.15, 0.2) is 5.78 Å². The van der Waals surface area contributed by atoms with E-state index in [0.29, 0.717) is 6.42 Å². The maximum absolute atomic E-state index is 11.7. The van der Waals surface area contributed by atoms with Crippen molar-refractivity contribution in [2.45, 2.75) is 18.6 Å². The van der Waals surface area contributed by atoms with Gasteiger partial charge in [0.1, 0.15) is 0 Å². The number of aromatic nitrogens is 1. The second-order valence-electron chi connectivity index (χ2n) is 3.59. The third-order valence-electron chi connectivity index (χ3n) is 2.21. The fraction of sp³-hybridized carbons (Fsp3) is 0.500. The van der Waals surface area contributed by atoms with Gasteiger partial charge in [-0.1, -0.05) is 6.92 Å². The Kier molecular flexibility index (Phi) is 5.17. The summed E-state index contributed by atoms with van der Waals surface area (Å²) in [6, 6.07) is 1.24. The molecule has 0 fully saturated rings. The van der Waals surface area contributed by atoms with Crippen molar-refractivity contribution in [1.82, 2.24) is 4.98 Å². The SMILES string of the molecule is CC(CCO)SCC(=O)c1cc([N+](=O)[O-])c[nH]1. The van der Waals surface area contributed by atoms with E-state index in [1.54, 1.807) is 0 Å². The Morgan fingerprint density at radius 1 is 1.71 bits per heavy atom. The number of carbonyl (C=O) groups is 1. The standard InChI is InChI=1S/C10H14N2O4S/c1-7(2-3-13)17-6-10(14)9-4-8(5-11-9)12(15)16/h4-5,7,11,13H,2-3,6H2,1H3. The molecule has 0 radical (unpaired) electrons. The van der Waals surface area contributed by atoms with Crippen molar-refractivity contribution in [3.05, 3.63) is 28.1 Å². The van der Waals surface area contributed by atoms with E-state index in [9.17, 15) is 14.9 Å². The molecule has 2 N–H and O–H groups in total. The van der Waals surface area contributed by atoms with E-state index in [0.717, 1.165) is 0 Å². The largest absolute Gasteiger partial charge is 0.396 e. The molecule has 0 bridgehead atoms. The maximum atomic E-state index is 11.7. The summed E-state index contributed by atoms with van der Waals surface area (Å²) in [7, 11) is 0. The highest BCUT2D eigenvalue weighted by Crippen LogP contribution is 2.17. The van der Waals surface area contributed by atoms with E-state index in [1.807, 2.05) is 6.92 Å². The number of rotatable bonds is 7. The van der Waals surface area contributed by atoms with Gasteiger partial charge in [-0.25, -0.2) is 0 Å². The van der Waals surface area contributed by atoms with E-state index in [1.165, 1.54) is 24.0 Å². The fourth-order valence-electron chi connectivity index (χ4n) is 1.21. The molecular weight excluding hydrogens is 244 g/mol. The molecule has 17 heavy (non-hydrogen) atoms. The van der Waals surface area contributed by atoms with Crippen LogP contribution in [0.15, 0.2) is 12.3 Å². The normalized spacial score (nSPS) is 12.4. The van der Waals surface area contributed by atoms with E-state index in [-0.39, 0.29) is 34.8 Å². The number of ketones is 1. The van der Waals surface area contributed by atoms with Gasteiger partial charge in [0.05, 0.1) is 22.6 Å². The molecule has 7 heteroatoms. The summed E-state index contributed by atoms with van der Waals surface area (Å²) in [5, 5.41) is 19.3. The minimum absolute atomic E-state index is 0.0936. The zero-order chi connectivity index (χ0) is 12.8. The number of aliphatic hydroxyl groups is 1. The lowest BCUT2D eigenvalue weighted by molar-refractivity contribution is -0.384. The number of carbonyl (C=O) groups excluding carboxylic acids is 1. The van der Waals surface area contributed by atoms with Crippen LogP contribution in [-0.4, -0.2) is 38.4 Å². The second kappa shape index (κ2) is 6.41. The van der Waals surface area contributed by atoms with Crippen LogP contribution in [-0.2, 0) is 0 Å². The molecule has 6 nitrogen and oxygen atoms in total. The zero-order valence-corrected chi connectivity index (χ0v) is 10.2. The van der Waals surface area contributed by atoms with Gasteiger partial charge >= 0.3 is 0 Å². The molecule has 1 aromatic rings. The van der Waals surface area contributed by atoms with Crippen molar-refractivity contribution in [1.29, 1.82) is 0 Å². The molecule has 1 unspecified atom stereocenters. The Morgan fingerprint density at radius 2 is 2.41 bits per heavy atom. The van der Waals surface area contributed by atoms with Gasteiger partial charge in [-0.05, 0) is 6.42 Å². The first kappa shape index (κ1) is 13.7. The van der Waals surface area contributed by atoms with E-state index >= 15 is 0 Å². The Balaban J connectivity index is 2.49. The van der Waals surface area contributed by atoms with Crippen LogP contribution < -0.4 is 0 Å². The second-order valence-corrected chi connectivity index (χ2v) is 5.01. The minimum Gasteiger partial charge on any atom is -0.396 e. The van der Waals surface area contributed by atoms with Crippen molar-refractivity contribution < 1.29 is 14.8 Å². The molecule has 1 atom stereocenters. The maximum Gasteiger partial charge on any atom is 0.287 e. The Morgan fingerprint density at radius 3 is 2.94 bits per heavy atom. The van der Waals surface area contributed by atoms with E-state index in [2.05, 4.69) is 4.98 Å². The lowest BCUT2D eigenvalue weighted by atomic mass is 10.3. The number of thioether (sulfide) groups is 1. The third-order valence-corrected chi connectivity index (χ3v) is 3.45. The van der Waals surface area contributed by atoms with Crippen LogP contribution in [0, 0.1) is 10.1 Å².